The maximum Gasteiger partial charge on any atom is 0.367 e. The zero-order chi connectivity index (χ0) is 22.9. The number of thiocarbonyl (C=S) groups is 1. The molecule has 31 heavy (non-hydrogen) atoms. The molecule has 0 bridgehead atoms. The molecule has 0 saturated heterocycles. The summed E-state index contributed by atoms with van der Waals surface area (Å²) in [4.78, 5) is 4.13. The number of anilines is 1. The molecular formula is C19H23BrF2N3O4PS. The van der Waals surface area contributed by atoms with Gasteiger partial charge in [0.05, 0.1) is 13.2 Å². The molecule has 0 aliphatic carbocycles. The molecule has 2 rings (SSSR count). The molecule has 2 aromatic rings. The number of nitrogens with zero attached hydrogens (tertiary/aromatic N) is 1. The zero-order valence-electron chi connectivity index (χ0n) is 17.0. The molecule has 1 heterocycles. The van der Waals surface area contributed by atoms with E-state index in [1.54, 1.807) is 32.2 Å². The highest BCUT2D eigenvalue weighted by Gasteiger charge is 2.26. The highest BCUT2D eigenvalue weighted by Crippen LogP contribution is 2.48. The van der Waals surface area contributed by atoms with Crippen LogP contribution < -0.4 is 15.4 Å². The van der Waals surface area contributed by atoms with Crippen molar-refractivity contribution >= 4 is 46.7 Å². The molecule has 0 unspecified atom stereocenters. The fraction of sp³-hybridized carbons (Fsp3) is 0.368. The average Bonchev–Trinajstić information content (AvgIpc) is 2.72. The molecule has 0 saturated carbocycles. The molecule has 2 N–H and O–H groups in total. The average molecular weight is 538 g/mol. The predicted molar refractivity (Wildman–Crippen MR) is 123 cm³/mol. The lowest BCUT2D eigenvalue weighted by Gasteiger charge is -2.18. The molecule has 0 radical (unpaired) electrons. The summed E-state index contributed by atoms with van der Waals surface area (Å²) in [5.74, 6) is -1.31. The Morgan fingerprint density at radius 1 is 1.19 bits per heavy atom. The van der Waals surface area contributed by atoms with Crippen molar-refractivity contribution in [2.45, 2.75) is 20.3 Å². The molecular weight excluding hydrogens is 515 g/mol. The Morgan fingerprint density at radius 2 is 1.90 bits per heavy atom. The lowest BCUT2D eigenvalue weighted by Crippen LogP contribution is -2.30. The minimum Gasteiger partial charge on any atom is -0.478 e. The Hall–Kier alpha value is -1.65. The smallest absolute Gasteiger partial charge is 0.367 e. The molecule has 12 heteroatoms. The first-order chi connectivity index (χ1) is 14.8. The Labute approximate surface area is 193 Å². The van der Waals surface area contributed by atoms with Crippen LogP contribution in [-0.4, -0.2) is 36.2 Å². The van der Waals surface area contributed by atoms with E-state index in [0.717, 1.165) is 16.6 Å². The van der Waals surface area contributed by atoms with E-state index in [4.69, 9.17) is 26.0 Å². The van der Waals surface area contributed by atoms with Gasteiger partial charge in [0.2, 0.25) is 0 Å². The maximum absolute atomic E-state index is 14.8. The predicted octanol–water partition coefficient (Wildman–Crippen LogP) is 5.25. The molecule has 0 atom stereocenters. The van der Waals surface area contributed by atoms with Crippen molar-refractivity contribution in [1.82, 2.24) is 10.3 Å². The van der Waals surface area contributed by atoms with Gasteiger partial charge in [-0.2, -0.15) is 0 Å². The molecule has 0 amide bonds. The van der Waals surface area contributed by atoms with Gasteiger partial charge in [-0.25, -0.2) is 13.8 Å². The summed E-state index contributed by atoms with van der Waals surface area (Å²) in [6.45, 7) is 3.76. The minimum absolute atomic E-state index is 0.000959. The number of halogens is 3. The van der Waals surface area contributed by atoms with Crippen LogP contribution in [0.5, 0.6) is 5.75 Å². The fourth-order valence-electron chi connectivity index (χ4n) is 2.48. The van der Waals surface area contributed by atoms with Gasteiger partial charge in [-0.1, -0.05) is 0 Å². The van der Waals surface area contributed by atoms with Crippen LogP contribution in [-0.2, 0) is 20.0 Å². The third kappa shape index (κ3) is 8.08. The van der Waals surface area contributed by atoms with Crippen LogP contribution in [0, 0.1) is 11.6 Å². The van der Waals surface area contributed by atoms with Crippen molar-refractivity contribution in [2.24, 2.45) is 0 Å². The summed E-state index contributed by atoms with van der Waals surface area (Å²) in [6.07, 6.45) is 1.12. The third-order valence-electron chi connectivity index (χ3n) is 3.81. The minimum atomic E-state index is -3.53. The van der Waals surface area contributed by atoms with E-state index in [1.807, 2.05) is 0 Å². The summed E-state index contributed by atoms with van der Waals surface area (Å²) < 4.78 is 57.7. The second kappa shape index (κ2) is 12.4. The van der Waals surface area contributed by atoms with E-state index >= 15 is 0 Å². The molecule has 0 aliphatic rings. The lowest BCUT2D eigenvalue weighted by molar-refractivity contribution is 0.195. The normalized spacial score (nSPS) is 11.3. The van der Waals surface area contributed by atoms with Crippen LogP contribution in [0.4, 0.5) is 14.6 Å². The van der Waals surface area contributed by atoms with Gasteiger partial charge in [0.25, 0.3) is 0 Å². The highest BCUT2D eigenvalue weighted by molar-refractivity contribution is 9.10. The van der Waals surface area contributed by atoms with Crippen LogP contribution in [0.25, 0.3) is 0 Å². The number of nitrogens with one attached hydrogen (secondary N) is 2. The number of benzene rings is 1. The molecule has 0 fully saturated rings. The zero-order valence-corrected chi connectivity index (χ0v) is 20.3. The van der Waals surface area contributed by atoms with E-state index in [-0.39, 0.29) is 42.6 Å². The number of hydrogen-bond donors (Lipinski definition) is 2. The maximum atomic E-state index is 14.8. The van der Waals surface area contributed by atoms with Crippen LogP contribution in [0.1, 0.15) is 19.4 Å². The summed E-state index contributed by atoms with van der Waals surface area (Å²) in [5.41, 5.74) is -0.183. The van der Waals surface area contributed by atoms with Gasteiger partial charge in [0.15, 0.2) is 23.0 Å². The van der Waals surface area contributed by atoms with E-state index < -0.39 is 25.6 Å². The van der Waals surface area contributed by atoms with Gasteiger partial charge < -0.3 is 24.4 Å². The van der Waals surface area contributed by atoms with Gasteiger partial charge in [0, 0.05) is 22.8 Å². The van der Waals surface area contributed by atoms with E-state index in [2.05, 4.69) is 31.5 Å². The monoisotopic (exact) mass is 537 g/mol. The van der Waals surface area contributed by atoms with Crippen LogP contribution in [0.3, 0.4) is 0 Å². The van der Waals surface area contributed by atoms with Crippen molar-refractivity contribution in [3.05, 3.63) is 52.1 Å². The van der Waals surface area contributed by atoms with Gasteiger partial charge >= 0.3 is 7.60 Å². The molecule has 170 valence electrons. The Morgan fingerprint density at radius 3 is 2.52 bits per heavy atom. The van der Waals surface area contributed by atoms with Crippen molar-refractivity contribution in [3.8, 4) is 5.75 Å². The second-order valence-electron chi connectivity index (χ2n) is 6.05. The van der Waals surface area contributed by atoms with Crippen molar-refractivity contribution in [2.75, 3.05) is 31.4 Å². The first-order valence-electron chi connectivity index (χ1n) is 9.42. The fourth-order valence-corrected chi connectivity index (χ4v) is 4.23. The lowest BCUT2D eigenvalue weighted by atomic mass is 10.1. The molecule has 7 nitrogen and oxygen atoms in total. The van der Waals surface area contributed by atoms with Gasteiger partial charge in [-0.05, 0) is 72.7 Å². The number of ether oxygens (including phenoxy) is 1. The van der Waals surface area contributed by atoms with Crippen LogP contribution >= 0.6 is 35.7 Å². The van der Waals surface area contributed by atoms with E-state index in [0.29, 0.717) is 5.82 Å². The van der Waals surface area contributed by atoms with Crippen molar-refractivity contribution in [1.29, 1.82) is 0 Å². The largest absolute Gasteiger partial charge is 0.478 e. The first-order valence-corrected chi connectivity index (χ1v) is 12.3. The molecule has 1 aromatic heterocycles. The SMILES string of the molecule is CCOP(=O)(COc1ccc(F)c(CCNC(=S)Nc2ccc(Br)cn2)c1F)OCC. The van der Waals surface area contributed by atoms with Crippen LogP contribution in [0.15, 0.2) is 34.9 Å². The third-order valence-corrected chi connectivity index (χ3v) is 6.27. The molecule has 0 spiro atoms. The van der Waals surface area contributed by atoms with Crippen LogP contribution in [0.2, 0.25) is 0 Å². The van der Waals surface area contributed by atoms with E-state index in [9.17, 15) is 13.3 Å². The number of pyridine rings is 1. The summed E-state index contributed by atoms with van der Waals surface area (Å²) in [6, 6.07) is 5.74. The topological polar surface area (TPSA) is 81.7 Å². The Bertz CT molecular complexity index is 927. The quantitative estimate of drug-likeness (QED) is 0.297. The van der Waals surface area contributed by atoms with E-state index in [1.165, 1.54) is 0 Å². The number of rotatable bonds is 11. The van der Waals surface area contributed by atoms with Crippen molar-refractivity contribution < 1.29 is 27.1 Å². The summed E-state index contributed by atoms with van der Waals surface area (Å²) in [7, 11) is -3.53. The van der Waals surface area contributed by atoms with Gasteiger partial charge in [0.1, 0.15) is 11.6 Å². The Balaban J connectivity index is 1.96. The van der Waals surface area contributed by atoms with Gasteiger partial charge in [-0.15, -0.1) is 0 Å². The first kappa shape index (κ1) is 25.6. The van der Waals surface area contributed by atoms with Crippen molar-refractivity contribution in [3.63, 3.8) is 0 Å². The summed E-state index contributed by atoms with van der Waals surface area (Å²) >= 11 is 8.45. The van der Waals surface area contributed by atoms with Gasteiger partial charge in [-0.3, -0.25) is 4.57 Å². The Kier molecular flexibility index (Phi) is 10.2. The summed E-state index contributed by atoms with van der Waals surface area (Å²) in [5, 5.41) is 6.00. The molecule has 1 aromatic carbocycles. The number of hydrogen-bond acceptors (Lipinski definition) is 6. The highest BCUT2D eigenvalue weighted by atomic mass is 79.9. The second-order valence-corrected chi connectivity index (χ2v) is 9.37. The molecule has 0 aliphatic heterocycles. The number of aromatic nitrogens is 1. The standard InChI is InChI=1S/C19H23BrF2N3O4PS/c1-3-28-30(26,29-4-2)12-27-16-7-6-15(21)14(18(16)22)9-10-23-19(31)25-17-8-5-13(20)11-24-17/h5-8,11H,3-4,9-10,12H2,1-2H3,(H2,23,24,25,31).